The zero-order chi connectivity index (χ0) is 9.68. The van der Waals surface area contributed by atoms with Gasteiger partial charge in [0.15, 0.2) is 6.29 Å². The summed E-state index contributed by atoms with van der Waals surface area (Å²) >= 11 is 3.24. The van der Waals surface area contributed by atoms with Gasteiger partial charge < -0.3 is 5.11 Å². The Labute approximate surface area is 85.0 Å². The average molecular weight is 241 g/mol. The number of hydrogen-bond donors (Lipinski definition) is 1. The number of phenolic OH excluding ortho intramolecular Hbond substituents is 1. The number of phenols is 1. The summed E-state index contributed by atoms with van der Waals surface area (Å²) < 4.78 is 0. The molecule has 0 bridgehead atoms. The zero-order valence-corrected chi connectivity index (χ0v) is 8.49. The molecule has 1 rings (SSSR count). The molecule has 1 aromatic carbocycles. The van der Waals surface area contributed by atoms with E-state index in [0.29, 0.717) is 5.56 Å². The van der Waals surface area contributed by atoms with Crippen molar-refractivity contribution in [3.63, 3.8) is 0 Å². The van der Waals surface area contributed by atoms with Gasteiger partial charge in [-0.15, -0.1) is 0 Å². The minimum atomic E-state index is 0.109. The van der Waals surface area contributed by atoms with Crippen molar-refractivity contribution in [3.05, 3.63) is 35.4 Å². The minimum absolute atomic E-state index is 0.109. The van der Waals surface area contributed by atoms with E-state index in [-0.39, 0.29) is 5.75 Å². The lowest BCUT2D eigenvalue weighted by Crippen LogP contribution is -1.85. The summed E-state index contributed by atoms with van der Waals surface area (Å²) in [7, 11) is 0. The summed E-state index contributed by atoms with van der Waals surface area (Å²) in [6, 6.07) is 4.71. The molecule has 0 aromatic heterocycles. The molecule has 13 heavy (non-hydrogen) atoms. The van der Waals surface area contributed by atoms with Crippen LogP contribution in [0.2, 0.25) is 0 Å². The van der Waals surface area contributed by atoms with Crippen LogP contribution in [0.4, 0.5) is 0 Å². The van der Waals surface area contributed by atoms with Gasteiger partial charge in [0.1, 0.15) is 5.75 Å². The molecule has 0 saturated carbocycles. The van der Waals surface area contributed by atoms with Crippen molar-refractivity contribution in [2.75, 3.05) is 5.33 Å². The van der Waals surface area contributed by atoms with E-state index >= 15 is 0 Å². The Morgan fingerprint density at radius 2 is 2.15 bits per heavy atom. The second-order valence-electron chi connectivity index (χ2n) is 2.49. The molecule has 0 spiro atoms. The summed E-state index contributed by atoms with van der Waals surface area (Å²) in [5.41, 5.74) is 1.31. The molecule has 68 valence electrons. The van der Waals surface area contributed by atoms with Crippen LogP contribution >= 0.6 is 15.9 Å². The number of rotatable bonds is 3. The number of carbonyl (C=O) groups excluding carboxylic acids is 1. The highest BCUT2D eigenvalue weighted by Crippen LogP contribution is 2.16. The van der Waals surface area contributed by atoms with Crippen LogP contribution in [-0.2, 0) is 0 Å². The first-order valence-electron chi connectivity index (χ1n) is 3.78. The van der Waals surface area contributed by atoms with Crippen LogP contribution in [0, 0.1) is 0 Å². The summed E-state index contributed by atoms with van der Waals surface area (Å²) in [5.74, 6) is 0.109. The second-order valence-corrected chi connectivity index (χ2v) is 3.14. The Hall–Kier alpha value is -1.09. The first-order chi connectivity index (χ1) is 6.27. The minimum Gasteiger partial charge on any atom is -0.508 e. The van der Waals surface area contributed by atoms with Gasteiger partial charge in [-0.2, -0.15) is 0 Å². The number of halogens is 1. The van der Waals surface area contributed by atoms with Crippen molar-refractivity contribution in [1.29, 1.82) is 0 Å². The molecule has 0 amide bonds. The zero-order valence-electron chi connectivity index (χ0n) is 6.90. The van der Waals surface area contributed by atoms with Crippen molar-refractivity contribution in [3.8, 4) is 5.75 Å². The quantitative estimate of drug-likeness (QED) is 0.652. The standard InChI is InChI=1S/C10H9BrO2/c11-5-1-2-8-3-4-10(13)6-9(8)7-12/h1-4,6-7,13H,5H2. The largest absolute Gasteiger partial charge is 0.508 e. The molecule has 0 aliphatic carbocycles. The fourth-order valence-corrected chi connectivity index (χ4v) is 1.17. The number of allylic oxidation sites excluding steroid dienone is 1. The van der Waals surface area contributed by atoms with Crippen LogP contribution in [0.1, 0.15) is 15.9 Å². The number of carbonyl (C=O) groups is 1. The first kappa shape index (κ1) is 9.99. The maximum absolute atomic E-state index is 10.6. The third-order valence-corrected chi connectivity index (χ3v) is 1.96. The maximum atomic E-state index is 10.6. The number of hydrogen-bond acceptors (Lipinski definition) is 2. The normalized spacial score (nSPS) is 10.5. The Bertz CT molecular complexity index is 332. The van der Waals surface area contributed by atoms with E-state index in [1.807, 2.05) is 12.2 Å². The average Bonchev–Trinajstić information content (AvgIpc) is 2.16. The van der Waals surface area contributed by atoms with Gasteiger partial charge in [-0.25, -0.2) is 0 Å². The molecule has 0 heterocycles. The van der Waals surface area contributed by atoms with E-state index in [0.717, 1.165) is 17.2 Å². The first-order valence-corrected chi connectivity index (χ1v) is 4.91. The van der Waals surface area contributed by atoms with Gasteiger partial charge in [-0.3, -0.25) is 4.79 Å². The Morgan fingerprint density at radius 1 is 1.38 bits per heavy atom. The summed E-state index contributed by atoms with van der Waals surface area (Å²) in [4.78, 5) is 10.6. The number of aromatic hydroxyl groups is 1. The summed E-state index contributed by atoms with van der Waals surface area (Å²) in [6.07, 6.45) is 4.45. The van der Waals surface area contributed by atoms with Gasteiger partial charge in [0.25, 0.3) is 0 Å². The van der Waals surface area contributed by atoms with E-state index in [1.54, 1.807) is 12.1 Å². The highest BCUT2D eigenvalue weighted by Gasteiger charge is 1.98. The van der Waals surface area contributed by atoms with E-state index in [4.69, 9.17) is 5.11 Å². The van der Waals surface area contributed by atoms with Gasteiger partial charge in [-0.05, 0) is 17.7 Å². The molecule has 1 aromatic rings. The van der Waals surface area contributed by atoms with Crippen LogP contribution in [0.5, 0.6) is 5.75 Å². The van der Waals surface area contributed by atoms with Crippen LogP contribution < -0.4 is 0 Å². The Kier molecular flexibility index (Phi) is 3.71. The third kappa shape index (κ3) is 2.70. The molecular weight excluding hydrogens is 232 g/mol. The van der Waals surface area contributed by atoms with Gasteiger partial charge >= 0.3 is 0 Å². The molecular formula is C10H9BrO2. The molecule has 2 nitrogen and oxygen atoms in total. The molecule has 0 radical (unpaired) electrons. The highest BCUT2D eigenvalue weighted by molar-refractivity contribution is 9.09. The van der Waals surface area contributed by atoms with Gasteiger partial charge in [-0.1, -0.05) is 34.1 Å². The fraction of sp³-hybridized carbons (Fsp3) is 0.100. The molecule has 0 atom stereocenters. The number of benzene rings is 1. The van der Waals surface area contributed by atoms with Crippen LogP contribution in [-0.4, -0.2) is 16.7 Å². The van der Waals surface area contributed by atoms with Crippen molar-refractivity contribution < 1.29 is 9.90 Å². The number of alkyl halides is 1. The van der Waals surface area contributed by atoms with Crippen LogP contribution in [0.15, 0.2) is 24.3 Å². The van der Waals surface area contributed by atoms with Gasteiger partial charge in [0, 0.05) is 10.9 Å². The molecule has 0 unspecified atom stereocenters. The molecule has 0 aliphatic heterocycles. The molecule has 0 aliphatic rings. The lowest BCUT2D eigenvalue weighted by atomic mass is 10.1. The highest BCUT2D eigenvalue weighted by atomic mass is 79.9. The maximum Gasteiger partial charge on any atom is 0.150 e. The van der Waals surface area contributed by atoms with Gasteiger partial charge in [0.05, 0.1) is 0 Å². The van der Waals surface area contributed by atoms with Gasteiger partial charge in [0.2, 0.25) is 0 Å². The summed E-state index contributed by atoms with van der Waals surface area (Å²) in [5, 5.41) is 9.84. The Balaban J connectivity index is 3.06. The molecule has 3 heteroatoms. The van der Waals surface area contributed by atoms with E-state index in [1.165, 1.54) is 6.07 Å². The third-order valence-electron chi connectivity index (χ3n) is 1.58. The smallest absolute Gasteiger partial charge is 0.150 e. The topological polar surface area (TPSA) is 37.3 Å². The fourth-order valence-electron chi connectivity index (χ4n) is 0.988. The van der Waals surface area contributed by atoms with Crippen molar-refractivity contribution in [2.45, 2.75) is 0 Å². The molecule has 1 N–H and O–H groups in total. The van der Waals surface area contributed by atoms with Crippen LogP contribution in [0.3, 0.4) is 0 Å². The monoisotopic (exact) mass is 240 g/mol. The SMILES string of the molecule is O=Cc1cc(O)ccc1C=CCBr. The predicted octanol–water partition coefficient (Wildman–Crippen LogP) is 2.61. The number of aldehydes is 1. The van der Waals surface area contributed by atoms with Crippen LogP contribution in [0.25, 0.3) is 6.08 Å². The predicted molar refractivity (Wildman–Crippen MR) is 56.3 cm³/mol. The lowest BCUT2D eigenvalue weighted by molar-refractivity contribution is 0.112. The van der Waals surface area contributed by atoms with Crippen molar-refractivity contribution in [2.24, 2.45) is 0 Å². The van der Waals surface area contributed by atoms with E-state index < -0.39 is 0 Å². The lowest BCUT2D eigenvalue weighted by Gasteiger charge is -1.98. The van der Waals surface area contributed by atoms with E-state index in [2.05, 4.69) is 15.9 Å². The Morgan fingerprint density at radius 3 is 2.77 bits per heavy atom. The van der Waals surface area contributed by atoms with E-state index in [9.17, 15) is 4.79 Å². The second kappa shape index (κ2) is 4.82. The summed E-state index contributed by atoms with van der Waals surface area (Å²) in [6.45, 7) is 0. The molecule has 0 saturated heterocycles. The molecule has 0 fully saturated rings. The van der Waals surface area contributed by atoms with Crippen molar-refractivity contribution in [1.82, 2.24) is 0 Å². The van der Waals surface area contributed by atoms with Crippen molar-refractivity contribution >= 4 is 28.3 Å².